The van der Waals surface area contributed by atoms with Gasteiger partial charge in [0.15, 0.2) is 5.69 Å². The minimum Gasteiger partial charge on any atom is -0.358 e. The Labute approximate surface area is 91.4 Å². The van der Waals surface area contributed by atoms with Crippen molar-refractivity contribution in [3.8, 4) is 0 Å². The molecule has 1 aromatic heterocycles. The predicted octanol–water partition coefficient (Wildman–Crippen LogP) is 0.0146. The van der Waals surface area contributed by atoms with Crippen LogP contribution in [0.15, 0.2) is 12.1 Å². The molecule has 1 aromatic rings. The first-order valence-electron chi connectivity index (χ1n) is 5.02. The summed E-state index contributed by atoms with van der Waals surface area (Å²) < 4.78 is 0. The first-order valence-corrected chi connectivity index (χ1v) is 5.02. The SMILES string of the molecule is O=C(N[C@H]1CCNC1)c1ccc([N+](=O)[O-])[nH]1. The van der Waals surface area contributed by atoms with Gasteiger partial charge < -0.3 is 20.7 Å². The van der Waals surface area contributed by atoms with Crippen molar-refractivity contribution in [1.29, 1.82) is 0 Å². The van der Waals surface area contributed by atoms with Gasteiger partial charge in [-0.25, -0.2) is 4.98 Å². The fraction of sp³-hybridized carbons (Fsp3) is 0.444. The molecule has 86 valence electrons. The topological polar surface area (TPSA) is 100 Å². The third-order valence-corrected chi connectivity index (χ3v) is 2.51. The van der Waals surface area contributed by atoms with Crippen LogP contribution >= 0.6 is 0 Å². The van der Waals surface area contributed by atoms with Crippen molar-refractivity contribution in [2.45, 2.75) is 12.5 Å². The highest BCUT2D eigenvalue weighted by atomic mass is 16.6. The van der Waals surface area contributed by atoms with Crippen LogP contribution < -0.4 is 10.6 Å². The monoisotopic (exact) mass is 224 g/mol. The first kappa shape index (κ1) is 10.6. The van der Waals surface area contributed by atoms with Gasteiger partial charge in [-0.3, -0.25) is 4.79 Å². The number of hydrogen-bond donors (Lipinski definition) is 3. The van der Waals surface area contributed by atoms with E-state index in [0.29, 0.717) is 0 Å². The van der Waals surface area contributed by atoms with Gasteiger partial charge in [0.05, 0.1) is 0 Å². The van der Waals surface area contributed by atoms with E-state index < -0.39 is 4.92 Å². The molecule has 0 unspecified atom stereocenters. The molecule has 0 bridgehead atoms. The molecule has 0 aliphatic carbocycles. The van der Waals surface area contributed by atoms with Crippen molar-refractivity contribution in [1.82, 2.24) is 15.6 Å². The minimum atomic E-state index is -0.562. The lowest BCUT2D eigenvalue weighted by molar-refractivity contribution is -0.389. The van der Waals surface area contributed by atoms with Crippen LogP contribution in [-0.4, -0.2) is 34.9 Å². The summed E-state index contributed by atoms with van der Waals surface area (Å²) in [5.74, 6) is -0.475. The quantitative estimate of drug-likeness (QED) is 0.497. The molecule has 2 heterocycles. The summed E-state index contributed by atoms with van der Waals surface area (Å²) in [4.78, 5) is 24.0. The smallest absolute Gasteiger partial charge is 0.321 e. The van der Waals surface area contributed by atoms with Gasteiger partial charge in [0, 0.05) is 18.7 Å². The van der Waals surface area contributed by atoms with Crippen LogP contribution in [-0.2, 0) is 0 Å². The highest BCUT2D eigenvalue weighted by Gasteiger charge is 2.20. The molecule has 16 heavy (non-hydrogen) atoms. The Kier molecular flexibility index (Phi) is 2.86. The Bertz CT molecular complexity index is 409. The van der Waals surface area contributed by atoms with E-state index >= 15 is 0 Å². The van der Waals surface area contributed by atoms with Crippen molar-refractivity contribution in [2.24, 2.45) is 0 Å². The van der Waals surface area contributed by atoms with E-state index in [4.69, 9.17) is 0 Å². The lowest BCUT2D eigenvalue weighted by Gasteiger charge is -2.08. The van der Waals surface area contributed by atoms with Crippen molar-refractivity contribution < 1.29 is 9.72 Å². The molecular formula is C9H12N4O3. The van der Waals surface area contributed by atoms with Crippen LogP contribution in [0, 0.1) is 10.1 Å². The van der Waals surface area contributed by atoms with E-state index in [1.165, 1.54) is 12.1 Å². The highest BCUT2D eigenvalue weighted by molar-refractivity contribution is 5.93. The number of nitrogens with one attached hydrogen (secondary N) is 3. The third kappa shape index (κ3) is 2.19. The van der Waals surface area contributed by atoms with E-state index in [2.05, 4.69) is 15.6 Å². The standard InChI is InChI=1S/C9H12N4O3/c14-9(11-6-3-4-10-5-6)7-1-2-8(12-7)13(15)16/h1-2,6,10,12H,3-5H2,(H,11,14)/t6-/m0/s1. The maximum Gasteiger partial charge on any atom is 0.321 e. The van der Waals surface area contributed by atoms with Crippen molar-refractivity contribution >= 4 is 11.7 Å². The fourth-order valence-corrected chi connectivity index (χ4v) is 1.66. The van der Waals surface area contributed by atoms with Crippen LogP contribution in [0.5, 0.6) is 0 Å². The zero-order valence-corrected chi connectivity index (χ0v) is 8.53. The Hall–Kier alpha value is -1.89. The summed E-state index contributed by atoms with van der Waals surface area (Å²) in [5, 5.41) is 16.3. The van der Waals surface area contributed by atoms with Gasteiger partial charge in [-0.15, -0.1) is 0 Å². The van der Waals surface area contributed by atoms with Gasteiger partial charge in [-0.1, -0.05) is 0 Å². The summed E-state index contributed by atoms with van der Waals surface area (Å²) in [7, 11) is 0. The number of carbonyl (C=O) groups is 1. The molecule has 1 fully saturated rings. The van der Waals surface area contributed by atoms with Crippen LogP contribution in [0.1, 0.15) is 16.9 Å². The lowest BCUT2D eigenvalue weighted by atomic mass is 10.2. The lowest BCUT2D eigenvalue weighted by Crippen LogP contribution is -2.36. The average molecular weight is 224 g/mol. The average Bonchev–Trinajstić information content (AvgIpc) is 2.86. The van der Waals surface area contributed by atoms with Gasteiger partial charge >= 0.3 is 5.82 Å². The number of H-pyrrole nitrogens is 1. The number of nitrogens with zero attached hydrogens (tertiary/aromatic N) is 1. The molecule has 0 radical (unpaired) electrons. The Balaban J connectivity index is 1.99. The number of hydrogen-bond acceptors (Lipinski definition) is 4. The molecule has 1 aliphatic heterocycles. The van der Waals surface area contributed by atoms with Crippen LogP contribution in [0.25, 0.3) is 0 Å². The molecule has 0 aromatic carbocycles. The number of nitro groups is 1. The normalized spacial score (nSPS) is 19.6. The Morgan fingerprint density at radius 2 is 2.38 bits per heavy atom. The maximum atomic E-state index is 11.6. The highest BCUT2D eigenvalue weighted by Crippen LogP contribution is 2.10. The maximum absolute atomic E-state index is 11.6. The second-order valence-corrected chi connectivity index (χ2v) is 3.68. The zero-order valence-electron chi connectivity index (χ0n) is 8.53. The van der Waals surface area contributed by atoms with Crippen LogP contribution in [0.3, 0.4) is 0 Å². The Morgan fingerprint density at radius 3 is 2.94 bits per heavy atom. The van der Waals surface area contributed by atoms with Gasteiger partial charge in [-0.2, -0.15) is 0 Å². The number of aromatic amines is 1. The van der Waals surface area contributed by atoms with Crippen molar-refractivity contribution in [2.75, 3.05) is 13.1 Å². The molecule has 7 nitrogen and oxygen atoms in total. The van der Waals surface area contributed by atoms with E-state index in [1.807, 2.05) is 0 Å². The fourth-order valence-electron chi connectivity index (χ4n) is 1.66. The largest absolute Gasteiger partial charge is 0.358 e. The summed E-state index contributed by atoms with van der Waals surface area (Å²) in [6.45, 7) is 1.63. The van der Waals surface area contributed by atoms with Gasteiger partial charge in [0.25, 0.3) is 5.91 Å². The molecular weight excluding hydrogens is 212 g/mol. The third-order valence-electron chi connectivity index (χ3n) is 2.51. The van der Waals surface area contributed by atoms with Gasteiger partial charge in [0.1, 0.15) is 0 Å². The molecule has 7 heteroatoms. The second-order valence-electron chi connectivity index (χ2n) is 3.68. The summed E-state index contributed by atoms with van der Waals surface area (Å²) in [6, 6.07) is 2.80. The summed E-state index contributed by atoms with van der Waals surface area (Å²) in [6.07, 6.45) is 0.883. The number of rotatable bonds is 3. The molecule has 3 N–H and O–H groups in total. The molecule has 2 rings (SSSR count). The molecule has 1 saturated heterocycles. The summed E-state index contributed by atoms with van der Waals surface area (Å²) in [5.41, 5.74) is 0.221. The van der Waals surface area contributed by atoms with E-state index in [0.717, 1.165) is 19.5 Å². The number of amides is 1. The van der Waals surface area contributed by atoms with Crippen LogP contribution in [0.2, 0.25) is 0 Å². The summed E-state index contributed by atoms with van der Waals surface area (Å²) >= 11 is 0. The Morgan fingerprint density at radius 1 is 1.56 bits per heavy atom. The molecule has 0 saturated carbocycles. The van der Waals surface area contributed by atoms with E-state index in [-0.39, 0.29) is 23.5 Å². The zero-order chi connectivity index (χ0) is 11.5. The van der Waals surface area contributed by atoms with Gasteiger partial charge in [0.2, 0.25) is 0 Å². The van der Waals surface area contributed by atoms with Crippen molar-refractivity contribution in [3.05, 3.63) is 27.9 Å². The number of carbonyl (C=O) groups excluding carboxylic acids is 1. The second kappa shape index (κ2) is 4.31. The molecule has 1 amide bonds. The minimum absolute atomic E-state index is 0.106. The van der Waals surface area contributed by atoms with E-state index in [9.17, 15) is 14.9 Å². The van der Waals surface area contributed by atoms with Crippen molar-refractivity contribution in [3.63, 3.8) is 0 Å². The predicted molar refractivity (Wildman–Crippen MR) is 56.2 cm³/mol. The molecule has 1 atom stereocenters. The molecule has 0 spiro atoms. The first-order chi connectivity index (χ1) is 7.66. The molecule has 1 aliphatic rings. The van der Waals surface area contributed by atoms with Crippen LogP contribution in [0.4, 0.5) is 5.82 Å². The van der Waals surface area contributed by atoms with E-state index in [1.54, 1.807) is 0 Å². The number of aromatic nitrogens is 1. The van der Waals surface area contributed by atoms with Gasteiger partial charge in [-0.05, 0) is 24.0 Å².